The van der Waals surface area contributed by atoms with Crippen LogP contribution in [0, 0.1) is 21.6 Å². The Balaban J connectivity index is 3.51. The van der Waals surface area contributed by atoms with Gasteiger partial charge in [0.15, 0.2) is 0 Å². The molecule has 0 heterocycles. The van der Waals surface area contributed by atoms with E-state index in [1.54, 1.807) is 0 Å². The number of alkyl halides is 3. The van der Waals surface area contributed by atoms with Crippen molar-refractivity contribution in [1.29, 1.82) is 0 Å². The minimum absolute atomic E-state index is 0.0367. The molecule has 4 nitrogen and oxygen atoms in total. The number of anilines is 1. The number of nitrogens with zero attached hydrogens (tertiary/aromatic N) is 1. The van der Waals surface area contributed by atoms with Crippen molar-refractivity contribution in [3.05, 3.63) is 33.4 Å². The average Bonchev–Trinajstić information content (AvgIpc) is 2.23. The van der Waals surface area contributed by atoms with Gasteiger partial charge < -0.3 is 5.73 Å². The highest BCUT2D eigenvalue weighted by Crippen LogP contribution is 2.38. The Bertz CT molecular complexity index is 610. The van der Waals surface area contributed by atoms with Crippen LogP contribution in [0.15, 0.2) is 12.1 Å². The van der Waals surface area contributed by atoms with Crippen LogP contribution in [0.1, 0.15) is 11.1 Å². The summed E-state index contributed by atoms with van der Waals surface area (Å²) in [6.07, 6.45) is -4.83. The molecule has 0 aromatic heterocycles. The van der Waals surface area contributed by atoms with Crippen LogP contribution < -0.4 is 5.73 Å². The maximum absolute atomic E-state index is 12.8. The fraction of sp³-hybridized carbons (Fsp3) is 0.333. The van der Waals surface area contributed by atoms with Crippen molar-refractivity contribution >= 4 is 19.4 Å². The molecule has 0 bridgehead atoms. The normalized spacial score (nSPS) is 11.7. The van der Waals surface area contributed by atoms with Gasteiger partial charge in [-0.2, -0.15) is 13.2 Å². The van der Waals surface area contributed by atoms with Crippen molar-refractivity contribution in [2.75, 3.05) is 5.73 Å². The molecule has 1 rings (SSSR count). The minimum atomic E-state index is -4.83. The van der Waals surface area contributed by atoms with E-state index in [2.05, 4.69) is 11.5 Å². The van der Waals surface area contributed by atoms with E-state index >= 15 is 0 Å². The van der Waals surface area contributed by atoms with Gasteiger partial charge in [0.1, 0.15) is 13.6 Å². The molecule has 0 spiro atoms. The molecule has 2 N–H and O–H groups in total. The van der Waals surface area contributed by atoms with Crippen LogP contribution in [-0.4, -0.2) is 13.0 Å². The van der Waals surface area contributed by atoms with Crippen molar-refractivity contribution in [1.82, 2.24) is 0 Å². The lowest BCUT2D eigenvalue weighted by molar-refractivity contribution is -0.388. The Morgan fingerprint density at radius 1 is 1.30 bits per heavy atom. The van der Waals surface area contributed by atoms with E-state index in [0.29, 0.717) is 12.1 Å². The highest BCUT2D eigenvalue weighted by Gasteiger charge is 2.39. The highest BCUT2D eigenvalue weighted by molar-refractivity contribution is 6.83. The average molecular weight is 302 g/mol. The van der Waals surface area contributed by atoms with Crippen LogP contribution in [0.3, 0.4) is 0 Å². The second-order valence-corrected chi connectivity index (χ2v) is 9.96. The maximum Gasteiger partial charge on any atom is 0.423 e. The molecule has 108 valence electrons. The molecule has 0 saturated carbocycles. The largest absolute Gasteiger partial charge is 0.423 e. The van der Waals surface area contributed by atoms with E-state index in [4.69, 9.17) is 5.73 Å². The molecule has 1 aromatic carbocycles. The van der Waals surface area contributed by atoms with Crippen LogP contribution in [0.2, 0.25) is 19.6 Å². The van der Waals surface area contributed by atoms with E-state index in [0.717, 1.165) is 0 Å². The van der Waals surface area contributed by atoms with E-state index in [1.807, 2.05) is 19.6 Å². The number of halogens is 3. The van der Waals surface area contributed by atoms with Crippen molar-refractivity contribution in [3.63, 3.8) is 0 Å². The smallest absolute Gasteiger partial charge is 0.398 e. The number of nitro benzene ring substituents is 1. The minimum Gasteiger partial charge on any atom is -0.398 e. The van der Waals surface area contributed by atoms with Crippen LogP contribution in [-0.2, 0) is 6.18 Å². The molecule has 1 aromatic rings. The van der Waals surface area contributed by atoms with Gasteiger partial charge in [0.2, 0.25) is 0 Å². The fourth-order valence-corrected chi connectivity index (χ4v) is 1.86. The van der Waals surface area contributed by atoms with Gasteiger partial charge in [0.05, 0.1) is 10.6 Å². The van der Waals surface area contributed by atoms with Crippen molar-refractivity contribution < 1.29 is 18.1 Å². The Morgan fingerprint density at radius 3 is 2.25 bits per heavy atom. The number of nitrogens with two attached hydrogens (primary N) is 1. The zero-order valence-electron chi connectivity index (χ0n) is 11.1. The van der Waals surface area contributed by atoms with Crippen LogP contribution >= 0.6 is 0 Å². The van der Waals surface area contributed by atoms with E-state index < -0.39 is 30.4 Å². The van der Waals surface area contributed by atoms with Gasteiger partial charge >= 0.3 is 6.18 Å². The summed E-state index contributed by atoms with van der Waals surface area (Å²) in [5.41, 5.74) is 5.86. The fourth-order valence-electron chi connectivity index (χ4n) is 1.35. The Labute approximate surface area is 114 Å². The van der Waals surface area contributed by atoms with Gasteiger partial charge in [0, 0.05) is 11.6 Å². The molecule has 0 aliphatic heterocycles. The number of nitro groups is 1. The van der Waals surface area contributed by atoms with Crippen LogP contribution in [0.4, 0.5) is 24.5 Å². The van der Waals surface area contributed by atoms with Gasteiger partial charge in [-0.25, -0.2) is 0 Å². The lowest BCUT2D eigenvalue weighted by Crippen LogP contribution is -2.16. The summed E-state index contributed by atoms with van der Waals surface area (Å²) in [5, 5.41) is 10.7. The second kappa shape index (κ2) is 5.17. The molecule has 0 aliphatic carbocycles. The molecule has 0 fully saturated rings. The number of rotatable bonds is 1. The zero-order valence-corrected chi connectivity index (χ0v) is 12.1. The first-order valence-corrected chi connectivity index (χ1v) is 9.10. The van der Waals surface area contributed by atoms with Crippen LogP contribution in [0.5, 0.6) is 0 Å². The van der Waals surface area contributed by atoms with Gasteiger partial charge in [-0.1, -0.05) is 25.6 Å². The summed E-state index contributed by atoms with van der Waals surface area (Å²) in [7, 11) is -1.79. The number of benzene rings is 1. The summed E-state index contributed by atoms with van der Waals surface area (Å²) in [6, 6.07) is 1.34. The molecule has 0 atom stereocenters. The first kappa shape index (κ1) is 16.0. The number of hydrogen-bond acceptors (Lipinski definition) is 3. The summed E-state index contributed by atoms with van der Waals surface area (Å²) in [5.74, 6) is 2.60. The quantitative estimate of drug-likeness (QED) is 0.284. The summed E-state index contributed by atoms with van der Waals surface area (Å²) < 4.78 is 38.4. The number of hydrogen-bond donors (Lipinski definition) is 1. The second-order valence-electron chi connectivity index (χ2n) is 5.21. The Morgan fingerprint density at radius 2 is 1.85 bits per heavy atom. The predicted octanol–water partition coefficient (Wildman–Crippen LogP) is 3.42. The zero-order chi connectivity index (χ0) is 15.7. The lowest BCUT2D eigenvalue weighted by Gasteiger charge is -2.10. The summed E-state index contributed by atoms with van der Waals surface area (Å²) in [4.78, 5) is 9.57. The van der Waals surface area contributed by atoms with E-state index in [-0.39, 0.29) is 11.3 Å². The van der Waals surface area contributed by atoms with Crippen molar-refractivity contribution in [2.45, 2.75) is 25.8 Å². The van der Waals surface area contributed by atoms with Gasteiger partial charge in [0.25, 0.3) is 5.69 Å². The molecule has 20 heavy (non-hydrogen) atoms. The SMILES string of the molecule is C[Si](C)(C)C#Cc1cc(C(F)(F)F)c([N+](=O)[O-])cc1N. The first-order valence-electron chi connectivity index (χ1n) is 5.60. The number of nitrogen functional groups attached to an aromatic ring is 1. The summed E-state index contributed by atoms with van der Waals surface area (Å²) in [6.45, 7) is 5.77. The summed E-state index contributed by atoms with van der Waals surface area (Å²) >= 11 is 0. The maximum atomic E-state index is 12.8. The van der Waals surface area contributed by atoms with Gasteiger partial charge in [-0.15, -0.1) is 5.54 Å². The van der Waals surface area contributed by atoms with Gasteiger partial charge in [-0.3, -0.25) is 10.1 Å². The third kappa shape index (κ3) is 3.99. The van der Waals surface area contributed by atoms with Gasteiger partial charge in [-0.05, 0) is 6.07 Å². The molecule has 0 radical (unpaired) electrons. The molecule has 0 amide bonds. The Kier molecular flexibility index (Phi) is 4.14. The van der Waals surface area contributed by atoms with E-state index in [1.165, 1.54) is 0 Å². The third-order valence-corrected chi connectivity index (χ3v) is 3.12. The Hall–Kier alpha value is -2.01. The van der Waals surface area contributed by atoms with Crippen LogP contribution in [0.25, 0.3) is 0 Å². The standard InChI is InChI=1S/C12H13F3N2O2Si/c1-20(2,3)5-4-8-6-9(12(13,14)15)11(17(18)19)7-10(8)16/h6-7H,16H2,1-3H3. The molecular weight excluding hydrogens is 289 g/mol. The van der Waals surface area contributed by atoms with Crippen molar-refractivity contribution in [3.8, 4) is 11.5 Å². The third-order valence-electron chi connectivity index (χ3n) is 2.24. The topological polar surface area (TPSA) is 69.2 Å². The highest BCUT2D eigenvalue weighted by atomic mass is 28.3. The monoisotopic (exact) mass is 302 g/mol. The molecule has 8 heteroatoms. The first-order chi connectivity index (χ1) is 8.92. The molecule has 0 saturated heterocycles. The van der Waals surface area contributed by atoms with Crippen molar-refractivity contribution in [2.24, 2.45) is 0 Å². The molecule has 0 aliphatic rings. The predicted molar refractivity (Wildman–Crippen MR) is 72.7 cm³/mol. The van der Waals surface area contributed by atoms with E-state index in [9.17, 15) is 23.3 Å². The lowest BCUT2D eigenvalue weighted by atomic mass is 10.1. The molecule has 0 unspecified atom stereocenters. The molecular formula is C12H13F3N2O2Si.